The van der Waals surface area contributed by atoms with Crippen molar-refractivity contribution in [2.75, 3.05) is 0 Å². The average Bonchev–Trinajstić information content (AvgIpc) is 3.07. The number of hydrogen-bond acceptors (Lipinski definition) is 2. The van der Waals surface area contributed by atoms with E-state index in [1.807, 2.05) is 62.4 Å². The van der Waals surface area contributed by atoms with Crippen LogP contribution in [0.15, 0.2) is 48.5 Å². The molecule has 2 aliphatic rings. The summed E-state index contributed by atoms with van der Waals surface area (Å²) >= 11 is 0. The first-order valence-electron chi connectivity index (χ1n) is 7.87. The van der Waals surface area contributed by atoms with Crippen LogP contribution in [0.5, 0.6) is 0 Å². The van der Waals surface area contributed by atoms with Gasteiger partial charge in [-0.1, -0.05) is 59.7 Å². The molecule has 24 heavy (non-hydrogen) atoms. The Morgan fingerprint density at radius 3 is 1.54 bits per heavy atom. The van der Waals surface area contributed by atoms with Crippen LogP contribution in [-0.2, 0) is 0 Å². The summed E-state index contributed by atoms with van der Waals surface area (Å²) in [6.07, 6.45) is -0.987. The van der Waals surface area contributed by atoms with Crippen molar-refractivity contribution in [3.63, 3.8) is 0 Å². The molecule has 4 rings (SSSR count). The molecular weight excluding hydrogens is 304 g/mol. The molecule has 6 heteroatoms. The van der Waals surface area contributed by atoms with Crippen LogP contribution >= 0.6 is 0 Å². The molecule has 2 heterocycles. The Kier molecular flexibility index (Phi) is 3.19. The Balaban J connectivity index is 1.72. The second kappa shape index (κ2) is 5.26. The van der Waals surface area contributed by atoms with E-state index in [-0.39, 0.29) is 12.1 Å². The number of carbonyl (C=O) groups is 2. The fourth-order valence-electron chi connectivity index (χ4n) is 3.30. The van der Waals surface area contributed by atoms with E-state index >= 15 is 0 Å². The number of aryl methyl sites for hydroxylation is 2. The minimum Gasteiger partial charge on any atom is -0.310 e. The van der Waals surface area contributed by atoms with E-state index in [1.165, 1.54) is 10.0 Å². The fourth-order valence-corrected chi connectivity index (χ4v) is 3.30. The summed E-state index contributed by atoms with van der Waals surface area (Å²) in [6.45, 7) is 3.97. The largest absolute Gasteiger partial charge is 0.340 e. The minimum atomic E-state index is -0.493. The van der Waals surface area contributed by atoms with E-state index in [4.69, 9.17) is 0 Å². The van der Waals surface area contributed by atoms with E-state index in [2.05, 4.69) is 10.6 Å². The van der Waals surface area contributed by atoms with Gasteiger partial charge in [0.15, 0.2) is 12.3 Å². The smallest absolute Gasteiger partial charge is 0.310 e. The molecule has 122 valence electrons. The predicted octanol–water partition coefficient (Wildman–Crippen LogP) is 2.97. The van der Waals surface area contributed by atoms with Gasteiger partial charge in [-0.2, -0.15) is 0 Å². The molecule has 4 amide bonds. The lowest BCUT2D eigenvalue weighted by molar-refractivity contribution is 0.0671. The molecule has 0 spiro atoms. The van der Waals surface area contributed by atoms with Crippen LogP contribution in [0, 0.1) is 13.8 Å². The minimum absolute atomic E-state index is 0.286. The van der Waals surface area contributed by atoms with Crippen LogP contribution in [0.25, 0.3) is 0 Å². The topological polar surface area (TPSA) is 64.7 Å². The molecule has 2 aromatic rings. The third kappa shape index (κ3) is 2.19. The van der Waals surface area contributed by atoms with Crippen molar-refractivity contribution < 1.29 is 9.59 Å². The first-order valence-corrected chi connectivity index (χ1v) is 7.87. The summed E-state index contributed by atoms with van der Waals surface area (Å²) in [6, 6.07) is 15.0. The van der Waals surface area contributed by atoms with Gasteiger partial charge in [0.25, 0.3) is 0 Å². The van der Waals surface area contributed by atoms with E-state index in [0.29, 0.717) is 0 Å². The van der Waals surface area contributed by atoms with E-state index in [0.717, 1.165) is 22.3 Å². The van der Waals surface area contributed by atoms with Gasteiger partial charge in [-0.15, -0.1) is 0 Å². The Hall–Kier alpha value is -3.02. The molecule has 0 aliphatic carbocycles. The molecule has 0 unspecified atom stereocenters. The van der Waals surface area contributed by atoms with Crippen molar-refractivity contribution in [1.29, 1.82) is 0 Å². The molecular formula is C18H18N4O2. The molecule has 0 bridgehead atoms. The number of fused-ring (bicyclic) bond motifs is 1. The zero-order valence-electron chi connectivity index (χ0n) is 13.5. The normalized spacial score (nSPS) is 22.4. The number of nitrogens with one attached hydrogen (secondary N) is 2. The molecule has 2 saturated heterocycles. The maximum absolute atomic E-state index is 12.5. The monoisotopic (exact) mass is 322 g/mol. The summed E-state index contributed by atoms with van der Waals surface area (Å²) in [5.74, 6) is 0. The van der Waals surface area contributed by atoms with E-state index < -0.39 is 12.3 Å². The third-order valence-corrected chi connectivity index (χ3v) is 4.37. The van der Waals surface area contributed by atoms with Crippen molar-refractivity contribution in [2.45, 2.75) is 26.2 Å². The second-order valence-electron chi connectivity index (χ2n) is 6.22. The number of nitrogens with zero attached hydrogens (tertiary/aromatic N) is 2. The van der Waals surface area contributed by atoms with Gasteiger partial charge in [0.2, 0.25) is 0 Å². The molecule has 2 atom stereocenters. The van der Waals surface area contributed by atoms with Gasteiger partial charge in [0, 0.05) is 0 Å². The number of hydrazine groups is 1. The SMILES string of the molecule is Cc1cccc([C@H]2NC(=O)N3[C@H](c4cccc(C)c4)NC(=O)N23)c1. The summed E-state index contributed by atoms with van der Waals surface area (Å²) in [5, 5.41) is 8.72. The molecule has 2 fully saturated rings. The van der Waals surface area contributed by atoms with E-state index in [9.17, 15) is 9.59 Å². The summed E-state index contributed by atoms with van der Waals surface area (Å²) in [4.78, 5) is 25.0. The average molecular weight is 322 g/mol. The lowest BCUT2D eigenvalue weighted by atomic mass is 10.1. The summed E-state index contributed by atoms with van der Waals surface area (Å²) in [7, 11) is 0. The number of hydrogen-bond donors (Lipinski definition) is 2. The van der Waals surface area contributed by atoms with Crippen molar-refractivity contribution >= 4 is 12.1 Å². The van der Waals surface area contributed by atoms with Crippen LogP contribution in [-0.4, -0.2) is 22.1 Å². The second-order valence-corrected chi connectivity index (χ2v) is 6.22. The maximum atomic E-state index is 12.5. The Bertz CT molecular complexity index is 766. The van der Waals surface area contributed by atoms with Gasteiger partial charge >= 0.3 is 12.1 Å². The molecule has 2 aromatic carbocycles. The Labute approximate surface area is 140 Å². The molecule has 2 aliphatic heterocycles. The summed E-state index contributed by atoms with van der Waals surface area (Å²) < 4.78 is 0. The van der Waals surface area contributed by atoms with Crippen LogP contribution in [0.4, 0.5) is 9.59 Å². The van der Waals surface area contributed by atoms with Gasteiger partial charge in [0.1, 0.15) is 0 Å². The van der Waals surface area contributed by atoms with Crippen LogP contribution in [0.1, 0.15) is 34.6 Å². The Morgan fingerprint density at radius 2 is 1.17 bits per heavy atom. The number of amides is 4. The zero-order valence-corrected chi connectivity index (χ0v) is 13.5. The fraction of sp³-hybridized carbons (Fsp3) is 0.222. The van der Waals surface area contributed by atoms with Gasteiger partial charge in [0.05, 0.1) is 0 Å². The van der Waals surface area contributed by atoms with E-state index in [1.54, 1.807) is 0 Å². The number of rotatable bonds is 2. The van der Waals surface area contributed by atoms with Gasteiger partial charge in [-0.3, -0.25) is 0 Å². The highest BCUT2D eigenvalue weighted by Gasteiger charge is 2.51. The highest BCUT2D eigenvalue weighted by molar-refractivity contribution is 5.88. The van der Waals surface area contributed by atoms with Gasteiger partial charge < -0.3 is 10.6 Å². The van der Waals surface area contributed by atoms with Crippen molar-refractivity contribution in [1.82, 2.24) is 20.7 Å². The van der Waals surface area contributed by atoms with Crippen LogP contribution in [0.3, 0.4) is 0 Å². The summed E-state index contributed by atoms with van der Waals surface area (Å²) in [5.41, 5.74) is 3.92. The van der Waals surface area contributed by atoms with Crippen LogP contribution in [0.2, 0.25) is 0 Å². The lowest BCUT2D eigenvalue weighted by Crippen LogP contribution is -2.36. The Morgan fingerprint density at radius 1 is 0.750 bits per heavy atom. The first kappa shape index (κ1) is 14.6. The predicted molar refractivity (Wildman–Crippen MR) is 88.6 cm³/mol. The number of carbonyl (C=O) groups excluding carboxylic acids is 2. The molecule has 2 N–H and O–H groups in total. The maximum Gasteiger partial charge on any atom is 0.340 e. The number of benzene rings is 2. The molecule has 0 radical (unpaired) electrons. The quantitative estimate of drug-likeness (QED) is 0.893. The van der Waals surface area contributed by atoms with Crippen molar-refractivity contribution in [3.8, 4) is 0 Å². The highest BCUT2D eigenvalue weighted by Crippen LogP contribution is 2.36. The zero-order chi connectivity index (χ0) is 16.8. The molecule has 6 nitrogen and oxygen atoms in total. The standard InChI is InChI=1S/C18H18N4O2/c1-11-5-3-7-13(9-11)15-19-17(23)22-16(20-18(24)21(15)22)14-8-4-6-12(2)10-14/h3-10,15-16H,1-2H3,(H,19,23)(H,20,24)/t15-,16+. The van der Waals surface area contributed by atoms with Crippen molar-refractivity contribution in [3.05, 3.63) is 70.8 Å². The lowest BCUT2D eigenvalue weighted by Gasteiger charge is -2.24. The number of urea groups is 2. The third-order valence-electron chi connectivity index (χ3n) is 4.37. The first-order chi connectivity index (χ1) is 11.5. The van der Waals surface area contributed by atoms with Gasteiger partial charge in [-0.25, -0.2) is 19.6 Å². The molecule has 0 aromatic heterocycles. The highest BCUT2D eigenvalue weighted by atomic mass is 16.2. The van der Waals surface area contributed by atoms with Crippen LogP contribution < -0.4 is 10.6 Å². The van der Waals surface area contributed by atoms with Gasteiger partial charge in [-0.05, 0) is 25.0 Å². The van der Waals surface area contributed by atoms with Crippen molar-refractivity contribution in [2.24, 2.45) is 0 Å². The molecule has 0 saturated carbocycles.